The Bertz CT molecular complexity index is 1290. The first-order valence-electron chi connectivity index (χ1n) is 11.0. The number of rotatable bonds is 13. The number of carbonyl (C=O) groups excluding carboxylic acids is 3. The van der Waals surface area contributed by atoms with Gasteiger partial charge in [-0.3, -0.25) is 24.6 Å². The van der Waals surface area contributed by atoms with Crippen LogP contribution < -0.4 is 27.3 Å². The van der Waals surface area contributed by atoms with Crippen molar-refractivity contribution in [3.63, 3.8) is 0 Å². The first-order valence-corrected chi connectivity index (χ1v) is 11.0. The monoisotopic (exact) mass is 526 g/mol. The van der Waals surface area contributed by atoms with E-state index in [9.17, 15) is 24.0 Å². The lowest BCUT2D eigenvalue weighted by atomic mass is 10.0. The maximum absolute atomic E-state index is 12.8. The van der Waals surface area contributed by atoms with Crippen LogP contribution in [0.15, 0.2) is 47.5 Å². The zero-order chi connectivity index (χ0) is 28.4. The van der Waals surface area contributed by atoms with Gasteiger partial charge in [0.15, 0.2) is 5.96 Å². The summed E-state index contributed by atoms with van der Waals surface area (Å²) in [5.41, 5.74) is 16.6. The van der Waals surface area contributed by atoms with Gasteiger partial charge in [-0.2, -0.15) is 4.99 Å². The minimum atomic E-state index is -1.63. The second-order valence-corrected chi connectivity index (χ2v) is 7.97. The molecule has 0 saturated heterocycles. The summed E-state index contributed by atoms with van der Waals surface area (Å²) in [5.74, 6) is -5.81. The summed E-state index contributed by atoms with van der Waals surface area (Å²) in [6.45, 7) is -0.254. The van der Waals surface area contributed by atoms with Crippen molar-refractivity contribution in [1.29, 1.82) is 5.41 Å². The molecule has 2 aromatic rings. The van der Waals surface area contributed by atoms with E-state index >= 15 is 0 Å². The number of hydrogen-bond acceptors (Lipinski definition) is 7. The molecule has 0 radical (unpaired) electrons. The van der Waals surface area contributed by atoms with Crippen LogP contribution >= 0.6 is 0 Å². The lowest BCUT2D eigenvalue weighted by Gasteiger charge is -2.20. The van der Waals surface area contributed by atoms with E-state index in [1.165, 1.54) is 42.5 Å². The molecule has 200 valence electrons. The van der Waals surface area contributed by atoms with Crippen molar-refractivity contribution in [2.45, 2.75) is 25.3 Å². The molecule has 0 heterocycles. The molecule has 1 unspecified atom stereocenters. The summed E-state index contributed by atoms with van der Waals surface area (Å²) in [7, 11) is 0. The van der Waals surface area contributed by atoms with Crippen molar-refractivity contribution in [3.05, 3.63) is 64.7 Å². The summed E-state index contributed by atoms with van der Waals surface area (Å²) in [6, 6.07) is 8.71. The highest BCUT2D eigenvalue weighted by atomic mass is 16.5. The molecule has 0 spiro atoms. The first kappa shape index (κ1) is 29.0. The number of hydrogen-bond donors (Lipinski definition) is 7. The van der Waals surface area contributed by atoms with E-state index in [2.05, 4.69) is 10.3 Å². The van der Waals surface area contributed by atoms with Gasteiger partial charge < -0.3 is 37.5 Å². The Hall–Kier alpha value is -5.27. The second-order valence-electron chi connectivity index (χ2n) is 7.97. The normalized spacial score (nSPS) is 11.1. The predicted molar refractivity (Wildman–Crippen MR) is 134 cm³/mol. The lowest BCUT2D eigenvalue weighted by Crippen LogP contribution is -2.39. The van der Waals surface area contributed by atoms with Gasteiger partial charge in [-0.15, -0.1) is 0 Å². The highest BCUT2D eigenvalue weighted by molar-refractivity contribution is 6.33. The number of amides is 2. The quantitative estimate of drug-likeness (QED) is 0.100. The van der Waals surface area contributed by atoms with Crippen LogP contribution in [0.25, 0.3) is 0 Å². The molecule has 38 heavy (non-hydrogen) atoms. The summed E-state index contributed by atoms with van der Waals surface area (Å²) < 4.78 is 5.74. The number of carboxylic acids is 2. The van der Waals surface area contributed by atoms with Gasteiger partial charge in [0.2, 0.25) is 5.78 Å². The minimum absolute atomic E-state index is 0.0298. The van der Waals surface area contributed by atoms with Crippen LogP contribution in [0.4, 0.5) is 0 Å². The summed E-state index contributed by atoms with van der Waals surface area (Å²) in [5, 5.41) is 28.3. The molecule has 10 N–H and O–H groups in total. The summed E-state index contributed by atoms with van der Waals surface area (Å²) >= 11 is 0. The van der Waals surface area contributed by atoms with Gasteiger partial charge in [-0.05, 0) is 36.8 Å². The van der Waals surface area contributed by atoms with Gasteiger partial charge in [0, 0.05) is 35.1 Å². The number of nitrogens with one attached hydrogen (secondary N) is 2. The number of nitrogens with two attached hydrogens (primary N) is 3. The van der Waals surface area contributed by atoms with E-state index in [4.69, 9.17) is 37.6 Å². The summed E-state index contributed by atoms with van der Waals surface area (Å²) in [4.78, 5) is 61.9. The van der Waals surface area contributed by atoms with Gasteiger partial charge in [0.1, 0.15) is 18.2 Å². The number of Topliss-reactive ketones (excluding diaryl/α,β-unsaturated/α-hetero) is 1. The number of amidine groups is 1. The fraction of sp³-hybridized carbons (Fsp3) is 0.208. The fourth-order valence-electron chi connectivity index (χ4n) is 3.15. The van der Waals surface area contributed by atoms with Crippen molar-refractivity contribution in [1.82, 2.24) is 5.32 Å². The number of benzene rings is 2. The number of aliphatic carboxylic acids is 2. The molecular weight excluding hydrogens is 500 g/mol. The van der Waals surface area contributed by atoms with Crippen molar-refractivity contribution in [3.8, 4) is 5.75 Å². The molecule has 0 aromatic heterocycles. The molecule has 2 aromatic carbocycles. The largest absolute Gasteiger partial charge is 0.491 e. The maximum Gasteiger partial charge on any atom is 0.372 e. The van der Waals surface area contributed by atoms with Crippen LogP contribution in [0, 0.1) is 5.41 Å². The van der Waals surface area contributed by atoms with Crippen LogP contribution in [0.3, 0.4) is 0 Å². The third-order valence-corrected chi connectivity index (χ3v) is 5.07. The Morgan fingerprint density at radius 1 is 0.947 bits per heavy atom. The third-order valence-electron chi connectivity index (χ3n) is 5.07. The molecular formula is C24H26N6O8. The number of nitrogen functional groups attached to an aromatic ring is 1. The minimum Gasteiger partial charge on any atom is -0.491 e. The Morgan fingerprint density at radius 2 is 1.55 bits per heavy atom. The topological polar surface area (TPSA) is 261 Å². The molecule has 2 rings (SSSR count). The average Bonchev–Trinajstić information content (AvgIpc) is 2.85. The zero-order valence-electron chi connectivity index (χ0n) is 20.0. The average molecular weight is 527 g/mol. The molecule has 2 amide bonds. The van der Waals surface area contributed by atoms with Crippen LogP contribution in [0.5, 0.6) is 5.75 Å². The number of carboxylic acid groups (broad SMARTS) is 2. The number of ether oxygens (including phenoxy) is 1. The van der Waals surface area contributed by atoms with Crippen LogP contribution in [0.2, 0.25) is 0 Å². The fourth-order valence-corrected chi connectivity index (χ4v) is 3.15. The van der Waals surface area contributed by atoms with Gasteiger partial charge in [-0.1, -0.05) is 12.1 Å². The molecule has 14 heteroatoms. The van der Waals surface area contributed by atoms with E-state index in [1.54, 1.807) is 0 Å². The number of aliphatic imine (C=N–C) groups is 1. The third kappa shape index (κ3) is 8.75. The SMILES string of the molecule is N=C(N)c1ccc(CC(=O)C(=O)O)c(OCC(CCC(=O)O)NC(=O)c2ccc(C(=O)N=C(N)N)cc2)c1. The zero-order valence-corrected chi connectivity index (χ0v) is 20.0. The summed E-state index contributed by atoms with van der Waals surface area (Å²) in [6.07, 6.45) is -0.837. The maximum atomic E-state index is 12.8. The number of ketones is 1. The molecule has 0 fully saturated rings. The lowest BCUT2D eigenvalue weighted by molar-refractivity contribution is -0.148. The van der Waals surface area contributed by atoms with Gasteiger partial charge in [0.05, 0.1) is 6.04 Å². The Balaban J connectivity index is 2.22. The Kier molecular flexibility index (Phi) is 10.0. The standard InChI is InChI=1S/C24H26N6O8/c25-20(26)15-6-5-14(9-17(31)23(36)37)18(10-15)38-11-16(7-8-19(32)33)29-21(34)12-1-3-13(4-2-12)22(35)30-24(27)28/h1-6,10,16H,7-9,11H2,(H3,25,26)(H,29,34)(H,32,33)(H,36,37)(H4,27,28,30,35). The smallest absolute Gasteiger partial charge is 0.372 e. The molecule has 0 aliphatic carbocycles. The molecule has 14 nitrogen and oxygen atoms in total. The van der Waals surface area contributed by atoms with Crippen molar-refractivity contribution in [2.75, 3.05) is 6.61 Å². The molecule has 1 atom stereocenters. The molecule has 0 aliphatic heterocycles. The van der Waals surface area contributed by atoms with Gasteiger partial charge >= 0.3 is 11.9 Å². The Morgan fingerprint density at radius 3 is 2.11 bits per heavy atom. The molecule has 0 bridgehead atoms. The second kappa shape index (κ2) is 13.2. The van der Waals surface area contributed by atoms with E-state index in [1.807, 2.05) is 0 Å². The molecule has 0 aliphatic rings. The Labute approximate surface area is 216 Å². The van der Waals surface area contributed by atoms with Gasteiger partial charge in [-0.25, -0.2) is 4.79 Å². The van der Waals surface area contributed by atoms with E-state index < -0.39 is 48.0 Å². The first-order chi connectivity index (χ1) is 17.9. The van der Waals surface area contributed by atoms with E-state index in [-0.39, 0.29) is 53.3 Å². The number of guanidine groups is 1. The van der Waals surface area contributed by atoms with E-state index in [0.717, 1.165) is 0 Å². The number of carbonyl (C=O) groups is 5. The predicted octanol–water partition coefficient (Wildman–Crippen LogP) is -0.377. The van der Waals surface area contributed by atoms with Crippen LogP contribution in [-0.4, -0.2) is 64.2 Å². The van der Waals surface area contributed by atoms with Gasteiger partial charge in [0.25, 0.3) is 11.8 Å². The number of nitrogens with zero attached hydrogens (tertiary/aromatic N) is 1. The van der Waals surface area contributed by atoms with Crippen molar-refractivity contribution < 1.29 is 38.9 Å². The van der Waals surface area contributed by atoms with Crippen molar-refractivity contribution >= 4 is 41.3 Å². The van der Waals surface area contributed by atoms with E-state index in [0.29, 0.717) is 0 Å². The molecule has 0 saturated carbocycles. The van der Waals surface area contributed by atoms with Crippen molar-refractivity contribution in [2.24, 2.45) is 22.2 Å². The highest BCUT2D eigenvalue weighted by Gasteiger charge is 2.20. The highest BCUT2D eigenvalue weighted by Crippen LogP contribution is 2.22. The van der Waals surface area contributed by atoms with Crippen LogP contribution in [-0.2, 0) is 20.8 Å². The van der Waals surface area contributed by atoms with Crippen LogP contribution in [0.1, 0.15) is 44.7 Å².